The maximum atomic E-state index is 13.1. The molecule has 0 spiro atoms. The van der Waals surface area contributed by atoms with E-state index in [1.807, 2.05) is 84.9 Å². The molecule has 29 heavy (non-hydrogen) atoms. The van der Waals surface area contributed by atoms with Crippen molar-refractivity contribution < 1.29 is 9.59 Å². The summed E-state index contributed by atoms with van der Waals surface area (Å²) in [5.41, 5.74) is 3.75. The molecule has 1 aliphatic heterocycles. The molecular formula is C25H24N2O2. The van der Waals surface area contributed by atoms with Gasteiger partial charge in [-0.05, 0) is 35.6 Å². The highest BCUT2D eigenvalue weighted by atomic mass is 16.2. The van der Waals surface area contributed by atoms with E-state index in [9.17, 15) is 9.59 Å². The SMILES string of the molecule is O=C(NCCc1ccccc1)C1c2ccccc2C(=O)N1CCc1ccccc1. The third-order valence-corrected chi connectivity index (χ3v) is 5.35. The van der Waals surface area contributed by atoms with Crippen molar-refractivity contribution in [3.63, 3.8) is 0 Å². The second-order valence-electron chi connectivity index (χ2n) is 7.25. The monoisotopic (exact) mass is 384 g/mol. The Hall–Kier alpha value is -3.40. The maximum Gasteiger partial charge on any atom is 0.255 e. The molecule has 0 fully saturated rings. The maximum absolute atomic E-state index is 13.1. The molecule has 1 heterocycles. The first kappa shape index (κ1) is 18.9. The number of nitrogens with zero attached hydrogens (tertiary/aromatic N) is 1. The molecule has 2 amide bonds. The summed E-state index contributed by atoms with van der Waals surface area (Å²) >= 11 is 0. The number of carbonyl (C=O) groups is 2. The Balaban J connectivity index is 1.47. The number of benzene rings is 3. The highest BCUT2D eigenvalue weighted by Crippen LogP contribution is 2.33. The van der Waals surface area contributed by atoms with E-state index in [-0.39, 0.29) is 11.8 Å². The molecule has 4 heteroatoms. The molecule has 4 rings (SSSR count). The zero-order valence-electron chi connectivity index (χ0n) is 16.3. The summed E-state index contributed by atoms with van der Waals surface area (Å²) in [6.07, 6.45) is 1.48. The topological polar surface area (TPSA) is 49.4 Å². The highest BCUT2D eigenvalue weighted by molar-refractivity contribution is 6.04. The fourth-order valence-corrected chi connectivity index (χ4v) is 3.85. The fourth-order valence-electron chi connectivity index (χ4n) is 3.85. The van der Waals surface area contributed by atoms with Gasteiger partial charge in [0.15, 0.2) is 0 Å². The molecule has 1 atom stereocenters. The molecule has 0 saturated heterocycles. The number of hydrogen-bond donors (Lipinski definition) is 1. The van der Waals surface area contributed by atoms with Gasteiger partial charge in [-0.25, -0.2) is 0 Å². The van der Waals surface area contributed by atoms with Crippen LogP contribution in [0, 0.1) is 0 Å². The minimum atomic E-state index is -0.571. The quantitative estimate of drug-likeness (QED) is 0.674. The van der Waals surface area contributed by atoms with Crippen molar-refractivity contribution in [2.45, 2.75) is 18.9 Å². The summed E-state index contributed by atoms with van der Waals surface area (Å²) in [5.74, 6) is -0.188. The van der Waals surface area contributed by atoms with Crippen LogP contribution in [0.5, 0.6) is 0 Å². The molecule has 0 saturated carbocycles. The molecule has 0 aromatic heterocycles. The lowest BCUT2D eigenvalue weighted by Gasteiger charge is -2.24. The van der Waals surface area contributed by atoms with Crippen molar-refractivity contribution >= 4 is 11.8 Å². The van der Waals surface area contributed by atoms with Gasteiger partial charge in [-0.2, -0.15) is 0 Å². The summed E-state index contributed by atoms with van der Waals surface area (Å²) in [7, 11) is 0. The van der Waals surface area contributed by atoms with Gasteiger partial charge < -0.3 is 10.2 Å². The van der Waals surface area contributed by atoms with Gasteiger partial charge in [-0.3, -0.25) is 9.59 Å². The Morgan fingerprint density at radius 2 is 1.38 bits per heavy atom. The molecule has 1 N–H and O–H groups in total. The van der Waals surface area contributed by atoms with Crippen LogP contribution in [0.3, 0.4) is 0 Å². The van der Waals surface area contributed by atoms with Gasteiger partial charge in [0.1, 0.15) is 6.04 Å². The predicted octanol–water partition coefficient (Wildman–Crippen LogP) is 3.79. The first-order valence-electron chi connectivity index (χ1n) is 9.99. The van der Waals surface area contributed by atoms with E-state index in [1.54, 1.807) is 4.90 Å². The van der Waals surface area contributed by atoms with Crippen LogP contribution in [-0.2, 0) is 17.6 Å². The lowest BCUT2D eigenvalue weighted by Crippen LogP contribution is -2.40. The van der Waals surface area contributed by atoms with E-state index in [2.05, 4.69) is 5.32 Å². The van der Waals surface area contributed by atoms with Crippen molar-refractivity contribution in [3.8, 4) is 0 Å². The number of hydrogen-bond acceptors (Lipinski definition) is 2. The minimum absolute atomic E-state index is 0.0697. The standard InChI is InChI=1S/C25H24N2O2/c28-24(26-17-15-19-9-3-1-4-10-19)23-21-13-7-8-14-22(21)25(29)27(23)18-16-20-11-5-2-6-12-20/h1-14,23H,15-18H2,(H,26,28). The summed E-state index contributed by atoms with van der Waals surface area (Å²) in [5, 5.41) is 3.03. The Labute approximate surface area is 171 Å². The molecule has 0 bridgehead atoms. The number of rotatable bonds is 7. The van der Waals surface area contributed by atoms with Gasteiger partial charge in [-0.1, -0.05) is 78.9 Å². The van der Waals surface area contributed by atoms with E-state index < -0.39 is 6.04 Å². The molecule has 3 aromatic rings. The fraction of sp³-hybridized carbons (Fsp3) is 0.200. The van der Waals surface area contributed by atoms with Gasteiger partial charge in [0.05, 0.1) is 0 Å². The number of amides is 2. The van der Waals surface area contributed by atoms with Gasteiger partial charge in [0, 0.05) is 18.7 Å². The van der Waals surface area contributed by atoms with E-state index in [4.69, 9.17) is 0 Å². The predicted molar refractivity (Wildman–Crippen MR) is 114 cm³/mol. The molecule has 1 aliphatic rings. The minimum Gasteiger partial charge on any atom is -0.354 e. The van der Waals surface area contributed by atoms with Crippen LogP contribution >= 0.6 is 0 Å². The van der Waals surface area contributed by atoms with Crippen LogP contribution in [0.25, 0.3) is 0 Å². The molecule has 146 valence electrons. The van der Waals surface area contributed by atoms with Crippen LogP contribution in [0.4, 0.5) is 0 Å². The van der Waals surface area contributed by atoms with Gasteiger partial charge in [0.2, 0.25) is 5.91 Å². The average molecular weight is 384 g/mol. The van der Waals surface area contributed by atoms with E-state index >= 15 is 0 Å². The summed E-state index contributed by atoms with van der Waals surface area (Å²) in [6.45, 7) is 1.05. The first-order valence-corrected chi connectivity index (χ1v) is 9.99. The zero-order chi connectivity index (χ0) is 20.1. The van der Waals surface area contributed by atoms with E-state index in [1.165, 1.54) is 5.56 Å². The summed E-state index contributed by atoms with van der Waals surface area (Å²) in [4.78, 5) is 27.7. The Bertz CT molecular complexity index is 986. The molecule has 3 aromatic carbocycles. The second-order valence-corrected chi connectivity index (χ2v) is 7.25. The Morgan fingerprint density at radius 3 is 2.07 bits per heavy atom. The molecular weight excluding hydrogens is 360 g/mol. The second kappa shape index (κ2) is 8.74. The summed E-state index contributed by atoms with van der Waals surface area (Å²) in [6, 6.07) is 27.0. The molecule has 1 unspecified atom stereocenters. The van der Waals surface area contributed by atoms with Crippen LogP contribution in [0.2, 0.25) is 0 Å². The van der Waals surface area contributed by atoms with Crippen molar-refractivity contribution in [2.24, 2.45) is 0 Å². The van der Waals surface area contributed by atoms with Crippen molar-refractivity contribution in [1.29, 1.82) is 0 Å². The van der Waals surface area contributed by atoms with E-state index in [0.717, 1.165) is 17.5 Å². The number of nitrogens with one attached hydrogen (secondary N) is 1. The number of carbonyl (C=O) groups excluding carboxylic acids is 2. The van der Waals surface area contributed by atoms with Crippen LogP contribution < -0.4 is 5.32 Å². The van der Waals surface area contributed by atoms with Gasteiger partial charge in [0.25, 0.3) is 5.91 Å². The lowest BCUT2D eigenvalue weighted by atomic mass is 10.0. The van der Waals surface area contributed by atoms with Crippen LogP contribution in [0.15, 0.2) is 84.9 Å². The lowest BCUT2D eigenvalue weighted by molar-refractivity contribution is -0.125. The van der Waals surface area contributed by atoms with E-state index in [0.29, 0.717) is 25.1 Å². The Kier molecular flexibility index (Phi) is 5.71. The van der Waals surface area contributed by atoms with Crippen LogP contribution in [-0.4, -0.2) is 29.8 Å². The van der Waals surface area contributed by atoms with Crippen LogP contribution in [0.1, 0.15) is 33.1 Å². The molecule has 0 radical (unpaired) electrons. The van der Waals surface area contributed by atoms with Gasteiger partial charge >= 0.3 is 0 Å². The average Bonchev–Trinajstić information content (AvgIpc) is 3.05. The van der Waals surface area contributed by atoms with Crippen molar-refractivity contribution in [2.75, 3.05) is 13.1 Å². The highest BCUT2D eigenvalue weighted by Gasteiger charge is 2.40. The van der Waals surface area contributed by atoms with Crippen molar-refractivity contribution in [1.82, 2.24) is 10.2 Å². The molecule has 4 nitrogen and oxygen atoms in total. The normalized spacial score (nSPS) is 15.2. The van der Waals surface area contributed by atoms with Gasteiger partial charge in [-0.15, -0.1) is 0 Å². The summed E-state index contributed by atoms with van der Waals surface area (Å²) < 4.78 is 0. The third kappa shape index (κ3) is 4.21. The smallest absolute Gasteiger partial charge is 0.255 e. The Morgan fingerprint density at radius 1 is 0.793 bits per heavy atom. The third-order valence-electron chi connectivity index (χ3n) is 5.35. The largest absolute Gasteiger partial charge is 0.354 e. The number of fused-ring (bicyclic) bond motifs is 1. The molecule has 0 aliphatic carbocycles. The zero-order valence-corrected chi connectivity index (χ0v) is 16.3. The van der Waals surface area contributed by atoms with Crippen molar-refractivity contribution in [3.05, 3.63) is 107 Å². The first-order chi connectivity index (χ1) is 14.2.